The summed E-state index contributed by atoms with van der Waals surface area (Å²) in [6, 6.07) is 17.3. The lowest BCUT2D eigenvalue weighted by Gasteiger charge is -2.07. The fourth-order valence-corrected chi connectivity index (χ4v) is 3.46. The van der Waals surface area contributed by atoms with Gasteiger partial charge in [0.25, 0.3) is 0 Å². The van der Waals surface area contributed by atoms with Crippen molar-refractivity contribution < 1.29 is 23.9 Å². The third kappa shape index (κ3) is 7.66. The van der Waals surface area contributed by atoms with Crippen LogP contribution < -0.4 is 5.32 Å². The normalized spacial score (nSPS) is 10.7. The maximum atomic E-state index is 12.2. The molecule has 3 aromatic rings. The highest BCUT2D eigenvalue weighted by Crippen LogP contribution is 2.14. The lowest BCUT2D eigenvalue weighted by Crippen LogP contribution is -2.17. The molecule has 1 N–H and O–H groups in total. The average Bonchev–Trinajstić information content (AvgIpc) is 3.34. The zero-order valence-electron chi connectivity index (χ0n) is 18.1. The molecular formula is C26H23NO5S. The van der Waals surface area contributed by atoms with E-state index in [1.807, 2.05) is 36.6 Å². The van der Waals surface area contributed by atoms with Gasteiger partial charge in [-0.15, -0.1) is 11.3 Å². The van der Waals surface area contributed by atoms with Gasteiger partial charge in [0.05, 0.1) is 6.42 Å². The molecule has 1 amide bonds. The van der Waals surface area contributed by atoms with E-state index in [-0.39, 0.29) is 36.9 Å². The van der Waals surface area contributed by atoms with Crippen LogP contribution in [0.2, 0.25) is 0 Å². The number of allylic oxidation sites excluding steroid dienone is 1. The van der Waals surface area contributed by atoms with Crippen molar-refractivity contribution in [3.8, 4) is 0 Å². The van der Waals surface area contributed by atoms with E-state index in [0.29, 0.717) is 16.8 Å². The van der Waals surface area contributed by atoms with Gasteiger partial charge in [0.15, 0.2) is 18.2 Å². The van der Waals surface area contributed by atoms with E-state index in [0.717, 1.165) is 10.4 Å². The quantitative estimate of drug-likeness (QED) is 0.258. The summed E-state index contributed by atoms with van der Waals surface area (Å²) in [5.74, 6) is -1.42. The summed E-state index contributed by atoms with van der Waals surface area (Å²) in [6.07, 6.45) is 3.05. The maximum Gasteiger partial charge on any atom is 0.306 e. The van der Waals surface area contributed by atoms with Crippen LogP contribution >= 0.6 is 11.3 Å². The Kier molecular flexibility index (Phi) is 8.43. The zero-order chi connectivity index (χ0) is 23.6. The van der Waals surface area contributed by atoms with Crippen molar-refractivity contribution in [2.24, 2.45) is 0 Å². The second-order valence-corrected chi connectivity index (χ2v) is 8.27. The van der Waals surface area contributed by atoms with E-state index >= 15 is 0 Å². The smallest absolute Gasteiger partial charge is 0.306 e. The van der Waals surface area contributed by atoms with E-state index in [1.54, 1.807) is 53.8 Å². The molecule has 0 aliphatic rings. The number of thiophene rings is 1. The van der Waals surface area contributed by atoms with Crippen molar-refractivity contribution in [3.05, 3.63) is 93.7 Å². The number of ketones is 2. The summed E-state index contributed by atoms with van der Waals surface area (Å²) < 4.78 is 4.97. The van der Waals surface area contributed by atoms with Gasteiger partial charge < -0.3 is 10.1 Å². The van der Waals surface area contributed by atoms with Gasteiger partial charge in [-0.3, -0.25) is 19.2 Å². The third-order valence-electron chi connectivity index (χ3n) is 4.69. The second kappa shape index (κ2) is 11.7. The Balaban J connectivity index is 1.40. The van der Waals surface area contributed by atoms with Crippen LogP contribution in [0.5, 0.6) is 0 Å². The standard InChI is InChI=1S/C26H23NO5S/c1-18-4-6-20(7-5-18)24(29)17-32-26(31)15-14-25(30)27-21-10-8-19(9-11-21)23(28)13-12-22-3-2-16-33-22/h2-13,16H,14-15,17H2,1H3,(H,27,30). The Labute approximate surface area is 195 Å². The highest BCUT2D eigenvalue weighted by atomic mass is 32.1. The Bertz CT molecular complexity index is 1150. The minimum absolute atomic E-state index is 0.0816. The topological polar surface area (TPSA) is 89.5 Å². The van der Waals surface area contributed by atoms with Crippen molar-refractivity contribution in [1.82, 2.24) is 0 Å². The van der Waals surface area contributed by atoms with Gasteiger partial charge in [-0.2, -0.15) is 0 Å². The number of aryl methyl sites for hydroxylation is 1. The molecule has 1 heterocycles. The molecule has 33 heavy (non-hydrogen) atoms. The molecule has 0 spiro atoms. The lowest BCUT2D eigenvalue weighted by molar-refractivity contribution is -0.143. The van der Waals surface area contributed by atoms with Crippen molar-refractivity contribution in [2.75, 3.05) is 11.9 Å². The predicted octanol–water partition coefficient (Wildman–Crippen LogP) is 5.10. The SMILES string of the molecule is Cc1ccc(C(=O)COC(=O)CCC(=O)Nc2ccc(C(=O)C=Cc3cccs3)cc2)cc1. The number of anilines is 1. The first-order valence-corrected chi connectivity index (χ1v) is 11.2. The highest BCUT2D eigenvalue weighted by molar-refractivity contribution is 7.10. The average molecular weight is 462 g/mol. The number of rotatable bonds is 10. The number of esters is 1. The van der Waals surface area contributed by atoms with Crippen molar-refractivity contribution in [2.45, 2.75) is 19.8 Å². The Morgan fingerprint density at radius 1 is 0.909 bits per heavy atom. The molecule has 0 saturated heterocycles. The van der Waals surface area contributed by atoms with Crippen LogP contribution in [0.3, 0.4) is 0 Å². The molecule has 0 aliphatic heterocycles. The fourth-order valence-electron chi connectivity index (χ4n) is 2.84. The number of carbonyl (C=O) groups is 4. The number of carbonyl (C=O) groups excluding carboxylic acids is 4. The van der Waals surface area contributed by atoms with Gasteiger partial charge >= 0.3 is 5.97 Å². The molecule has 0 atom stereocenters. The molecule has 3 rings (SSSR count). The third-order valence-corrected chi connectivity index (χ3v) is 5.53. The number of Topliss-reactive ketones (excluding diaryl/α,β-unsaturated/α-hetero) is 1. The number of benzene rings is 2. The molecule has 168 valence electrons. The molecule has 0 unspecified atom stereocenters. The van der Waals surface area contributed by atoms with Gasteiger partial charge in [-0.05, 0) is 54.8 Å². The maximum absolute atomic E-state index is 12.2. The van der Waals surface area contributed by atoms with Gasteiger partial charge in [0, 0.05) is 28.1 Å². The summed E-state index contributed by atoms with van der Waals surface area (Å²) in [5.41, 5.74) is 2.51. The highest BCUT2D eigenvalue weighted by Gasteiger charge is 2.12. The number of amides is 1. The Morgan fingerprint density at radius 3 is 2.27 bits per heavy atom. The van der Waals surface area contributed by atoms with E-state index in [1.165, 1.54) is 6.08 Å². The van der Waals surface area contributed by atoms with Crippen LogP contribution in [0.25, 0.3) is 6.08 Å². The molecule has 1 aromatic heterocycles. The van der Waals surface area contributed by atoms with E-state index in [2.05, 4.69) is 5.32 Å². The lowest BCUT2D eigenvalue weighted by atomic mass is 10.1. The molecule has 0 saturated carbocycles. The minimum Gasteiger partial charge on any atom is -0.457 e. The minimum atomic E-state index is -0.621. The van der Waals surface area contributed by atoms with Crippen molar-refractivity contribution >= 4 is 46.5 Å². The van der Waals surface area contributed by atoms with Gasteiger partial charge in [0.2, 0.25) is 5.91 Å². The van der Waals surface area contributed by atoms with Crippen molar-refractivity contribution in [1.29, 1.82) is 0 Å². The molecule has 0 bridgehead atoms. The number of ether oxygens (including phenoxy) is 1. The molecular weight excluding hydrogens is 438 g/mol. The van der Waals surface area contributed by atoms with Gasteiger partial charge in [0.1, 0.15) is 0 Å². The monoisotopic (exact) mass is 461 g/mol. The van der Waals surface area contributed by atoms with Crippen LogP contribution in [0, 0.1) is 6.92 Å². The van der Waals surface area contributed by atoms with E-state index in [4.69, 9.17) is 4.74 Å². The van der Waals surface area contributed by atoms with E-state index < -0.39 is 5.97 Å². The number of hydrogen-bond acceptors (Lipinski definition) is 6. The van der Waals surface area contributed by atoms with E-state index in [9.17, 15) is 19.2 Å². The Morgan fingerprint density at radius 2 is 1.61 bits per heavy atom. The molecule has 2 aromatic carbocycles. The summed E-state index contributed by atoms with van der Waals surface area (Å²) in [4.78, 5) is 49.2. The molecule has 0 radical (unpaired) electrons. The first-order chi connectivity index (χ1) is 15.9. The largest absolute Gasteiger partial charge is 0.457 e. The van der Waals surface area contributed by atoms with Crippen LogP contribution in [-0.4, -0.2) is 30.0 Å². The fraction of sp³-hybridized carbons (Fsp3) is 0.154. The van der Waals surface area contributed by atoms with Crippen LogP contribution in [0.15, 0.2) is 72.1 Å². The first kappa shape index (κ1) is 23.8. The second-order valence-electron chi connectivity index (χ2n) is 7.29. The molecule has 0 aliphatic carbocycles. The number of nitrogens with one attached hydrogen (secondary N) is 1. The first-order valence-electron chi connectivity index (χ1n) is 10.3. The van der Waals surface area contributed by atoms with Crippen LogP contribution in [0.1, 0.15) is 44.0 Å². The summed E-state index contributed by atoms with van der Waals surface area (Å²) in [6.45, 7) is 1.55. The molecule has 0 fully saturated rings. The van der Waals surface area contributed by atoms with Gasteiger partial charge in [-0.1, -0.05) is 35.9 Å². The Hall–Kier alpha value is -3.84. The molecule has 6 nitrogen and oxygen atoms in total. The predicted molar refractivity (Wildman–Crippen MR) is 128 cm³/mol. The zero-order valence-corrected chi connectivity index (χ0v) is 18.9. The summed E-state index contributed by atoms with van der Waals surface area (Å²) in [7, 11) is 0. The summed E-state index contributed by atoms with van der Waals surface area (Å²) >= 11 is 1.54. The van der Waals surface area contributed by atoms with Crippen molar-refractivity contribution in [3.63, 3.8) is 0 Å². The molecule has 7 heteroatoms. The number of hydrogen-bond donors (Lipinski definition) is 1. The summed E-state index contributed by atoms with van der Waals surface area (Å²) in [5, 5.41) is 4.61. The van der Waals surface area contributed by atoms with Gasteiger partial charge in [-0.25, -0.2) is 0 Å². The van der Waals surface area contributed by atoms with Crippen LogP contribution in [0.4, 0.5) is 5.69 Å². The van der Waals surface area contributed by atoms with Crippen LogP contribution in [-0.2, 0) is 14.3 Å².